The van der Waals surface area contributed by atoms with Crippen molar-refractivity contribution in [2.24, 2.45) is 0 Å². The third-order valence-electron chi connectivity index (χ3n) is 2.49. The Labute approximate surface area is 134 Å². The van der Waals surface area contributed by atoms with Gasteiger partial charge in [-0.25, -0.2) is 4.98 Å². The van der Waals surface area contributed by atoms with Crippen molar-refractivity contribution in [1.29, 1.82) is 0 Å². The summed E-state index contributed by atoms with van der Waals surface area (Å²) in [6.45, 7) is 0. The van der Waals surface area contributed by atoms with Gasteiger partial charge in [0.15, 0.2) is 11.6 Å². The second kappa shape index (κ2) is 9.36. The molecule has 0 atom stereocenters. The molecule has 0 fully saturated rings. The molecule has 0 saturated carbocycles. The summed E-state index contributed by atoms with van der Waals surface area (Å²) >= 11 is -2.61. The number of carbonyl (C=O) groups is 2. The largest absolute Gasteiger partial charge is 0.493 e. The van der Waals surface area contributed by atoms with Crippen molar-refractivity contribution in [2.45, 2.75) is 0 Å². The van der Waals surface area contributed by atoms with Crippen molar-refractivity contribution < 1.29 is 28.0 Å². The second-order valence-corrected chi connectivity index (χ2v) is 4.49. The highest BCUT2D eigenvalue weighted by Gasteiger charge is 2.16. The van der Waals surface area contributed by atoms with E-state index in [4.69, 9.17) is 18.4 Å². The quantitative estimate of drug-likeness (QED) is 0.629. The molecule has 0 unspecified atom stereocenters. The molecule has 1 aromatic carbocycles. The van der Waals surface area contributed by atoms with Crippen molar-refractivity contribution in [3.8, 4) is 5.88 Å². The summed E-state index contributed by atoms with van der Waals surface area (Å²) in [4.78, 5) is 25.9. The normalized spacial score (nSPS) is 11.8. The number of rotatable bonds is 0. The molecular formula is C15H13NO6S. The fourth-order valence-corrected chi connectivity index (χ4v) is 1.60. The van der Waals surface area contributed by atoms with Crippen LogP contribution in [-0.2, 0) is 11.4 Å². The van der Waals surface area contributed by atoms with E-state index in [1.165, 1.54) is 24.4 Å². The summed E-state index contributed by atoms with van der Waals surface area (Å²) < 4.78 is 22.8. The van der Waals surface area contributed by atoms with E-state index in [0.29, 0.717) is 11.1 Å². The molecular weight excluding hydrogens is 322 g/mol. The van der Waals surface area contributed by atoms with E-state index >= 15 is 0 Å². The fourth-order valence-electron chi connectivity index (χ4n) is 1.60. The Bertz CT molecular complexity index is 689. The third-order valence-corrected chi connectivity index (χ3v) is 2.49. The number of fused-ring (bicyclic) bond motifs is 1. The minimum absolute atomic E-state index is 0.0718. The summed E-state index contributed by atoms with van der Waals surface area (Å²) in [5.41, 5.74) is 1.01. The zero-order valence-corrected chi connectivity index (χ0v) is 12.5. The average Bonchev–Trinajstić information content (AvgIpc) is 2.52. The van der Waals surface area contributed by atoms with Gasteiger partial charge in [0.05, 0.1) is 0 Å². The van der Waals surface area contributed by atoms with Gasteiger partial charge in [0.25, 0.3) is 11.4 Å². The number of carbonyl (C=O) groups excluding carboxylic acids is 2. The van der Waals surface area contributed by atoms with Crippen LogP contribution in [0, 0.1) is 0 Å². The van der Waals surface area contributed by atoms with Crippen LogP contribution in [0.2, 0.25) is 0 Å². The maximum absolute atomic E-state index is 11.2. The Morgan fingerprint density at radius 3 is 1.57 bits per heavy atom. The van der Waals surface area contributed by atoms with Crippen molar-refractivity contribution in [1.82, 2.24) is 4.98 Å². The lowest BCUT2D eigenvalue weighted by Gasteiger charge is -2.06. The third kappa shape index (κ3) is 6.74. The highest BCUT2D eigenvalue weighted by atomic mass is 32.2. The Morgan fingerprint density at radius 2 is 1.26 bits per heavy atom. The predicted molar refractivity (Wildman–Crippen MR) is 83.5 cm³/mol. The van der Waals surface area contributed by atoms with E-state index in [2.05, 4.69) is 4.98 Å². The molecule has 0 saturated heterocycles. The van der Waals surface area contributed by atoms with Gasteiger partial charge in [0.2, 0.25) is 5.88 Å². The highest BCUT2D eigenvalue weighted by molar-refractivity contribution is 7.73. The number of hydrogen-bond acceptors (Lipinski definition) is 5. The molecule has 0 aliphatic heterocycles. The number of ketones is 2. The van der Waals surface area contributed by atoms with Gasteiger partial charge >= 0.3 is 0 Å². The monoisotopic (exact) mass is 335 g/mol. The summed E-state index contributed by atoms with van der Waals surface area (Å²) in [6.07, 6.45) is 4.16. The van der Waals surface area contributed by atoms with Gasteiger partial charge in [0, 0.05) is 23.4 Å². The van der Waals surface area contributed by atoms with E-state index in [9.17, 15) is 9.59 Å². The van der Waals surface area contributed by atoms with Crippen LogP contribution < -0.4 is 0 Å². The Morgan fingerprint density at radius 1 is 0.826 bits per heavy atom. The van der Waals surface area contributed by atoms with Crippen LogP contribution in [0.5, 0.6) is 5.88 Å². The number of benzene rings is 1. The lowest BCUT2D eigenvalue weighted by Crippen LogP contribution is -2.10. The van der Waals surface area contributed by atoms with Gasteiger partial charge in [-0.15, -0.1) is 0 Å². The van der Waals surface area contributed by atoms with Crippen LogP contribution in [0.4, 0.5) is 0 Å². The first-order valence-corrected chi connectivity index (χ1v) is 7.24. The molecule has 3 N–H and O–H groups in total. The summed E-state index contributed by atoms with van der Waals surface area (Å²) in [5.74, 6) is -0.113. The molecule has 1 aliphatic rings. The molecule has 0 spiro atoms. The molecule has 3 rings (SSSR count). The predicted octanol–water partition coefficient (Wildman–Crippen LogP) is 2.09. The Kier molecular flexibility index (Phi) is 7.48. The van der Waals surface area contributed by atoms with Crippen LogP contribution in [0.1, 0.15) is 20.7 Å². The van der Waals surface area contributed by atoms with Gasteiger partial charge < -0.3 is 5.11 Å². The van der Waals surface area contributed by atoms with Gasteiger partial charge in [-0.2, -0.15) is 4.21 Å². The van der Waals surface area contributed by atoms with E-state index < -0.39 is 11.4 Å². The van der Waals surface area contributed by atoms with Crippen LogP contribution in [0.25, 0.3) is 0 Å². The zero-order valence-electron chi connectivity index (χ0n) is 11.7. The molecule has 0 radical (unpaired) electrons. The molecule has 0 amide bonds. The first-order valence-electron chi connectivity index (χ1n) is 6.17. The molecule has 23 heavy (non-hydrogen) atoms. The number of aromatic nitrogens is 1. The van der Waals surface area contributed by atoms with E-state index in [1.807, 2.05) is 0 Å². The molecule has 8 heteroatoms. The van der Waals surface area contributed by atoms with Gasteiger partial charge in [-0.3, -0.25) is 18.7 Å². The van der Waals surface area contributed by atoms with Gasteiger partial charge in [-0.1, -0.05) is 30.3 Å². The van der Waals surface area contributed by atoms with E-state index in [1.54, 1.807) is 36.4 Å². The van der Waals surface area contributed by atoms with Crippen LogP contribution >= 0.6 is 0 Å². The molecule has 120 valence electrons. The lowest BCUT2D eigenvalue weighted by molar-refractivity contribution is 0.0994. The maximum atomic E-state index is 11.2. The number of aromatic hydroxyl groups is 1. The van der Waals surface area contributed by atoms with Crippen molar-refractivity contribution in [3.63, 3.8) is 0 Å². The maximum Gasteiger partial charge on any atom is 0.299 e. The first kappa shape index (κ1) is 18.4. The van der Waals surface area contributed by atoms with E-state index in [0.717, 1.165) is 0 Å². The standard InChI is InChI=1S/C10H6O2.C5H5NO.H2O3S/c11-9-5-6-10(12)8-4-2-1-3-7(8)9;7-5-3-1-2-4-6-5;1-4(2)3/h1-6H;1-4H,(H,6,7);(H2,1,2,3). The molecule has 1 aliphatic carbocycles. The van der Waals surface area contributed by atoms with Gasteiger partial charge in [0.1, 0.15) is 0 Å². The SMILES string of the molecule is O=C1C=CC(=O)c2ccccc21.O=S(O)O.Oc1ccccn1. The second-order valence-electron chi connectivity index (χ2n) is 4.03. The number of nitrogens with zero attached hydrogens (tertiary/aromatic N) is 1. The molecule has 2 aromatic rings. The first-order chi connectivity index (χ1) is 10.9. The van der Waals surface area contributed by atoms with Crippen molar-refractivity contribution in [3.05, 3.63) is 71.9 Å². The van der Waals surface area contributed by atoms with Crippen LogP contribution in [0.15, 0.2) is 60.8 Å². The number of hydrogen-bond donors (Lipinski definition) is 3. The number of allylic oxidation sites excluding steroid dienone is 2. The Hall–Kier alpha value is -2.68. The molecule has 1 heterocycles. The molecule has 1 aromatic heterocycles. The minimum Gasteiger partial charge on any atom is -0.493 e. The van der Waals surface area contributed by atoms with Crippen molar-refractivity contribution in [2.75, 3.05) is 0 Å². The van der Waals surface area contributed by atoms with Crippen LogP contribution in [-0.4, -0.2) is 35.0 Å². The highest BCUT2D eigenvalue weighted by Crippen LogP contribution is 2.15. The minimum atomic E-state index is -2.61. The van der Waals surface area contributed by atoms with Gasteiger partial charge in [-0.05, 0) is 18.2 Å². The summed E-state index contributed by atoms with van der Waals surface area (Å²) in [7, 11) is 0. The fraction of sp³-hybridized carbons (Fsp3) is 0. The summed E-state index contributed by atoms with van der Waals surface area (Å²) in [5, 5.41) is 8.52. The van der Waals surface area contributed by atoms with E-state index in [-0.39, 0.29) is 17.4 Å². The topological polar surface area (TPSA) is 125 Å². The summed E-state index contributed by atoms with van der Waals surface area (Å²) in [6, 6.07) is 11.8. The molecule has 7 nitrogen and oxygen atoms in total. The van der Waals surface area contributed by atoms with Crippen LogP contribution in [0.3, 0.4) is 0 Å². The smallest absolute Gasteiger partial charge is 0.299 e. The van der Waals surface area contributed by atoms with Crippen molar-refractivity contribution >= 4 is 22.9 Å². The average molecular weight is 335 g/mol. The molecule has 0 bridgehead atoms. The lowest BCUT2D eigenvalue weighted by atomic mass is 9.95. The Balaban J connectivity index is 0.000000204. The zero-order chi connectivity index (χ0) is 17.2. The number of pyridine rings is 1.